The molecule has 0 aromatic heterocycles. The van der Waals surface area contributed by atoms with Crippen molar-refractivity contribution in [1.29, 1.82) is 0 Å². The molecule has 0 aliphatic heterocycles. The molecule has 2 rings (SSSR count). The van der Waals surface area contributed by atoms with Gasteiger partial charge in [-0.3, -0.25) is 0 Å². The maximum Gasteiger partial charge on any atom is 0.129 e. The van der Waals surface area contributed by atoms with Gasteiger partial charge >= 0.3 is 0 Å². The number of allylic oxidation sites excluding steroid dienone is 1. The molecule has 2 aromatic rings. The molecule has 0 aliphatic carbocycles. The Balaban J connectivity index is 2.10. The van der Waals surface area contributed by atoms with Crippen LogP contribution in [-0.4, -0.2) is 0 Å². The summed E-state index contributed by atoms with van der Waals surface area (Å²) in [5, 5.41) is 0.647. The van der Waals surface area contributed by atoms with E-state index in [-0.39, 0.29) is 0 Å². The van der Waals surface area contributed by atoms with E-state index in [9.17, 15) is 8.78 Å². The van der Waals surface area contributed by atoms with Gasteiger partial charge in [-0.15, -0.1) is 0 Å². The molecule has 0 saturated heterocycles. The van der Waals surface area contributed by atoms with Crippen molar-refractivity contribution in [2.24, 2.45) is 0 Å². The van der Waals surface area contributed by atoms with Crippen LogP contribution in [0.25, 0.3) is 6.08 Å². The number of hydrogen-bond donors (Lipinski definition) is 0. The summed E-state index contributed by atoms with van der Waals surface area (Å²) in [7, 11) is 0. The van der Waals surface area contributed by atoms with E-state index < -0.39 is 11.6 Å². The van der Waals surface area contributed by atoms with E-state index in [0.29, 0.717) is 17.0 Å². The van der Waals surface area contributed by atoms with E-state index in [1.54, 1.807) is 12.1 Å². The van der Waals surface area contributed by atoms with Crippen LogP contribution in [0.2, 0.25) is 5.02 Å². The highest BCUT2D eigenvalue weighted by atomic mass is 35.5. The van der Waals surface area contributed by atoms with Crippen LogP contribution in [0.1, 0.15) is 11.1 Å². The zero-order valence-electron chi connectivity index (χ0n) is 9.54. The van der Waals surface area contributed by atoms with Gasteiger partial charge in [0.25, 0.3) is 0 Å². The molecule has 2 aromatic carbocycles. The third kappa shape index (κ3) is 3.17. The summed E-state index contributed by atoms with van der Waals surface area (Å²) in [6.07, 6.45) is 4.03. The van der Waals surface area contributed by atoms with Gasteiger partial charge in [-0.1, -0.05) is 48.0 Å². The maximum atomic E-state index is 13.4. The first-order valence-electron chi connectivity index (χ1n) is 5.52. The molecule has 0 radical (unpaired) electrons. The van der Waals surface area contributed by atoms with Crippen LogP contribution in [0.4, 0.5) is 8.78 Å². The summed E-state index contributed by atoms with van der Waals surface area (Å²) >= 11 is 5.98. The fourth-order valence-electron chi connectivity index (χ4n) is 1.61. The molecule has 0 unspecified atom stereocenters. The van der Waals surface area contributed by atoms with Crippen molar-refractivity contribution in [2.45, 2.75) is 6.42 Å². The lowest BCUT2D eigenvalue weighted by atomic mass is 10.1. The molecule has 0 nitrogen and oxygen atoms in total. The molecule has 0 heterocycles. The van der Waals surface area contributed by atoms with Gasteiger partial charge < -0.3 is 0 Å². The Kier molecular flexibility index (Phi) is 4.11. The van der Waals surface area contributed by atoms with Crippen molar-refractivity contribution in [3.05, 3.63) is 76.3 Å². The van der Waals surface area contributed by atoms with E-state index in [2.05, 4.69) is 0 Å². The van der Waals surface area contributed by atoms with Gasteiger partial charge in [0.05, 0.1) is 0 Å². The fraction of sp³-hybridized carbons (Fsp3) is 0.0667. The third-order valence-corrected chi connectivity index (χ3v) is 2.90. The molecular formula is C15H11ClF2. The molecular weight excluding hydrogens is 254 g/mol. The second kappa shape index (κ2) is 5.78. The topological polar surface area (TPSA) is 0 Å². The standard InChI is InChI=1S/C15H11ClF2/c16-14-7-2-1-4-11(14)5-3-6-12-8-9-13(17)10-15(12)18/h1-5,7-10H,6H2/b5-3+. The molecule has 0 spiro atoms. The first kappa shape index (κ1) is 12.8. The SMILES string of the molecule is Fc1ccc(C/C=C/c2ccccc2Cl)c(F)c1. The molecule has 0 saturated carbocycles. The van der Waals surface area contributed by atoms with Gasteiger partial charge in [-0.25, -0.2) is 8.78 Å². The molecule has 0 amide bonds. The molecule has 18 heavy (non-hydrogen) atoms. The minimum Gasteiger partial charge on any atom is -0.207 e. The lowest BCUT2D eigenvalue weighted by molar-refractivity contribution is 0.575. The molecule has 0 N–H and O–H groups in total. The summed E-state index contributed by atoms with van der Waals surface area (Å²) in [5.74, 6) is -1.09. The molecule has 92 valence electrons. The quantitative estimate of drug-likeness (QED) is 0.742. The van der Waals surface area contributed by atoms with Crippen molar-refractivity contribution in [1.82, 2.24) is 0 Å². The Morgan fingerprint density at radius 3 is 2.56 bits per heavy atom. The first-order valence-corrected chi connectivity index (χ1v) is 5.89. The monoisotopic (exact) mass is 264 g/mol. The first-order chi connectivity index (χ1) is 8.66. The third-order valence-electron chi connectivity index (χ3n) is 2.56. The van der Waals surface area contributed by atoms with Gasteiger partial charge in [-0.2, -0.15) is 0 Å². The minimum absolute atomic E-state index is 0.400. The van der Waals surface area contributed by atoms with Crippen molar-refractivity contribution < 1.29 is 8.78 Å². The molecule has 0 aliphatic rings. The van der Waals surface area contributed by atoms with Crippen LogP contribution in [0.15, 0.2) is 48.5 Å². The zero-order valence-corrected chi connectivity index (χ0v) is 10.3. The highest BCUT2D eigenvalue weighted by Crippen LogP contribution is 2.17. The smallest absolute Gasteiger partial charge is 0.129 e. The second-order valence-corrected chi connectivity index (χ2v) is 4.27. The number of benzene rings is 2. The minimum atomic E-state index is -0.564. The normalized spacial score (nSPS) is 11.1. The number of halogens is 3. The molecule has 0 fully saturated rings. The van der Waals surface area contributed by atoms with Gasteiger partial charge in [-0.05, 0) is 29.7 Å². The van der Waals surface area contributed by atoms with Crippen LogP contribution in [-0.2, 0) is 6.42 Å². The van der Waals surface area contributed by atoms with Gasteiger partial charge in [0, 0.05) is 11.1 Å². The van der Waals surface area contributed by atoms with E-state index >= 15 is 0 Å². The largest absolute Gasteiger partial charge is 0.207 e. The predicted molar refractivity (Wildman–Crippen MR) is 70.5 cm³/mol. The summed E-state index contributed by atoms with van der Waals surface area (Å²) in [5.41, 5.74) is 1.33. The maximum absolute atomic E-state index is 13.4. The van der Waals surface area contributed by atoms with Crippen molar-refractivity contribution in [3.8, 4) is 0 Å². The van der Waals surface area contributed by atoms with Crippen molar-refractivity contribution in [3.63, 3.8) is 0 Å². The van der Waals surface area contributed by atoms with E-state index in [4.69, 9.17) is 11.6 Å². The van der Waals surface area contributed by atoms with Gasteiger partial charge in [0.2, 0.25) is 0 Å². The molecule has 0 atom stereocenters. The Morgan fingerprint density at radius 2 is 1.83 bits per heavy atom. The van der Waals surface area contributed by atoms with E-state index in [0.717, 1.165) is 11.6 Å². The highest BCUT2D eigenvalue weighted by molar-refractivity contribution is 6.32. The molecule has 0 bridgehead atoms. The lowest BCUT2D eigenvalue weighted by Gasteiger charge is -2.00. The summed E-state index contributed by atoms with van der Waals surface area (Å²) in [6.45, 7) is 0. The Morgan fingerprint density at radius 1 is 1.06 bits per heavy atom. The average Bonchev–Trinajstić information content (AvgIpc) is 2.34. The summed E-state index contributed by atoms with van der Waals surface area (Å²) < 4.78 is 26.1. The second-order valence-electron chi connectivity index (χ2n) is 3.86. The average molecular weight is 265 g/mol. The lowest BCUT2D eigenvalue weighted by Crippen LogP contribution is -1.89. The van der Waals surface area contributed by atoms with Crippen LogP contribution in [0.5, 0.6) is 0 Å². The van der Waals surface area contributed by atoms with Crippen molar-refractivity contribution in [2.75, 3.05) is 0 Å². The zero-order chi connectivity index (χ0) is 13.0. The van der Waals surface area contributed by atoms with Crippen molar-refractivity contribution >= 4 is 17.7 Å². The Hall–Kier alpha value is -1.67. The molecule has 3 heteroatoms. The van der Waals surface area contributed by atoms with Gasteiger partial charge in [0.15, 0.2) is 0 Å². The van der Waals surface area contributed by atoms with Gasteiger partial charge in [0.1, 0.15) is 11.6 Å². The summed E-state index contributed by atoms with van der Waals surface area (Å²) in [4.78, 5) is 0. The Labute approximate surface area is 110 Å². The number of rotatable bonds is 3. The summed E-state index contributed by atoms with van der Waals surface area (Å²) in [6, 6.07) is 11.0. The van der Waals surface area contributed by atoms with E-state index in [1.165, 1.54) is 12.1 Å². The van der Waals surface area contributed by atoms with E-state index in [1.807, 2.05) is 24.3 Å². The van der Waals surface area contributed by atoms with Crippen LogP contribution < -0.4 is 0 Å². The highest BCUT2D eigenvalue weighted by Gasteiger charge is 2.01. The van der Waals surface area contributed by atoms with Crippen LogP contribution in [0.3, 0.4) is 0 Å². The fourth-order valence-corrected chi connectivity index (χ4v) is 1.81. The predicted octanol–water partition coefficient (Wildman–Crippen LogP) is 4.87. The van der Waals surface area contributed by atoms with Crippen LogP contribution >= 0.6 is 11.6 Å². The number of hydrogen-bond acceptors (Lipinski definition) is 0. The van der Waals surface area contributed by atoms with Crippen LogP contribution in [0, 0.1) is 11.6 Å². The Bertz CT molecular complexity index is 576.